The van der Waals surface area contributed by atoms with Crippen LogP contribution < -0.4 is 10.5 Å². The van der Waals surface area contributed by atoms with Gasteiger partial charge >= 0.3 is 0 Å². The second kappa shape index (κ2) is 5.58. The van der Waals surface area contributed by atoms with Crippen LogP contribution in [-0.4, -0.2) is 7.11 Å². The smallest absolute Gasteiger partial charge is 0.120 e. The van der Waals surface area contributed by atoms with Gasteiger partial charge in [-0.05, 0) is 41.5 Å². The highest BCUT2D eigenvalue weighted by molar-refractivity contribution is 9.10. The average Bonchev–Trinajstić information content (AvgIpc) is 3.28. The quantitative estimate of drug-likeness (QED) is 0.908. The SMILES string of the molecule is COc1ccc(C(N)C2CC2c2ccccc2)c(Br)c1. The molecule has 0 bridgehead atoms. The highest BCUT2D eigenvalue weighted by atomic mass is 79.9. The normalized spacial score (nSPS) is 22.4. The lowest BCUT2D eigenvalue weighted by Gasteiger charge is -2.15. The van der Waals surface area contributed by atoms with Gasteiger partial charge in [-0.25, -0.2) is 0 Å². The van der Waals surface area contributed by atoms with Crippen molar-refractivity contribution in [3.63, 3.8) is 0 Å². The molecule has 2 N–H and O–H groups in total. The third-order valence-corrected chi connectivity index (χ3v) is 4.78. The van der Waals surface area contributed by atoms with E-state index in [1.807, 2.05) is 12.1 Å². The number of halogens is 1. The summed E-state index contributed by atoms with van der Waals surface area (Å²) in [5.74, 6) is 1.98. The molecule has 0 aromatic heterocycles. The average molecular weight is 332 g/mol. The Labute approximate surface area is 128 Å². The van der Waals surface area contributed by atoms with Crippen LogP contribution in [-0.2, 0) is 0 Å². The molecule has 1 aliphatic rings. The zero-order chi connectivity index (χ0) is 14.1. The fourth-order valence-corrected chi connectivity index (χ4v) is 3.45. The maximum Gasteiger partial charge on any atom is 0.120 e. The molecule has 1 saturated carbocycles. The van der Waals surface area contributed by atoms with E-state index in [2.05, 4.69) is 52.3 Å². The van der Waals surface area contributed by atoms with E-state index >= 15 is 0 Å². The van der Waals surface area contributed by atoms with E-state index in [1.54, 1.807) is 7.11 Å². The van der Waals surface area contributed by atoms with E-state index in [0.29, 0.717) is 11.8 Å². The Bertz CT molecular complexity index is 599. The second-order valence-corrected chi connectivity index (χ2v) is 6.18. The summed E-state index contributed by atoms with van der Waals surface area (Å²) in [6.07, 6.45) is 1.17. The van der Waals surface area contributed by atoms with Gasteiger partial charge in [0.05, 0.1) is 7.11 Å². The molecule has 1 fully saturated rings. The maximum absolute atomic E-state index is 6.45. The number of hydrogen-bond acceptors (Lipinski definition) is 2. The maximum atomic E-state index is 6.45. The monoisotopic (exact) mass is 331 g/mol. The van der Waals surface area contributed by atoms with Crippen molar-refractivity contribution >= 4 is 15.9 Å². The van der Waals surface area contributed by atoms with Gasteiger partial charge in [0.1, 0.15) is 5.75 Å². The van der Waals surface area contributed by atoms with Crippen molar-refractivity contribution in [3.8, 4) is 5.75 Å². The molecule has 2 aromatic rings. The molecule has 0 amide bonds. The summed E-state index contributed by atoms with van der Waals surface area (Å²) < 4.78 is 6.26. The molecule has 3 heteroatoms. The van der Waals surface area contributed by atoms with Crippen molar-refractivity contribution in [1.29, 1.82) is 0 Å². The molecule has 0 saturated heterocycles. The van der Waals surface area contributed by atoms with E-state index in [9.17, 15) is 0 Å². The summed E-state index contributed by atoms with van der Waals surface area (Å²) in [7, 11) is 1.67. The molecule has 0 heterocycles. The van der Waals surface area contributed by atoms with E-state index < -0.39 is 0 Å². The lowest BCUT2D eigenvalue weighted by Crippen LogP contribution is -2.14. The zero-order valence-electron chi connectivity index (χ0n) is 11.4. The lowest BCUT2D eigenvalue weighted by molar-refractivity contribution is 0.414. The Hall–Kier alpha value is -1.32. The largest absolute Gasteiger partial charge is 0.497 e. The molecular weight excluding hydrogens is 314 g/mol. The molecular formula is C17H18BrNO. The van der Waals surface area contributed by atoms with Crippen molar-refractivity contribution in [1.82, 2.24) is 0 Å². The highest BCUT2D eigenvalue weighted by Gasteiger charge is 2.43. The Morgan fingerprint density at radius 3 is 2.60 bits per heavy atom. The Morgan fingerprint density at radius 1 is 1.20 bits per heavy atom. The van der Waals surface area contributed by atoms with Crippen LogP contribution in [0.25, 0.3) is 0 Å². The predicted octanol–water partition coefficient (Wildman–Crippen LogP) is 4.26. The van der Waals surface area contributed by atoms with Crippen molar-refractivity contribution in [2.45, 2.75) is 18.4 Å². The van der Waals surface area contributed by atoms with Crippen LogP contribution in [0.3, 0.4) is 0 Å². The number of rotatable bonds is 4. The summed E-state index contributed by atoms with van der Waals surface area (Å²) >= 11 is 3.60. The van der Waals surface area contributed by atoms with Crippen LogP contribution in [0.2, 0.25) is 0 Å². The van der Waals surface area contributed by atoms with Crippen molar-refractivity contribution in [3.05, 3.63) is 64.1 Å². The molecule has 3 rings (SSSR count). The Kier molecular flexibility index (Phi) is 3.81. The molecule has 104 valence electrons. The molecule has 0 spiro atoms. The van der Waals surface area contributed by atoms with E-state index in [4.69, 9.17) is 10.5 Å². The minimum atomic E-state index is 0.0699. The predicted molar refractivity (Wildman–Crippen MR) is 84.9 cm³/mol. The number of methoxy groups -OCH3 is 1. The first-order chi connectivity index (χ1) is 9.70. The third-order valence-electron chi connectivity index (χ3n) is 4.10. The molecule has 2 aromatic carbocycles. The molecule has 3 atom stereocenters. The topological polar surface area (TPSA) is 35.2 Å². The van der Waals surface area contributed by atoms with Gasteiger partial charge < -0.3 is 10.5 Å². The van der Waals surface area contributed by atoms with Crippen LogP contribution >= 0.6 is 15.9 Å². The summed E-state index contributed by atoms with van der Waals surface area (Å²) in [6, 6.07) is 16.7. The Morgan fingerprint density at radius 2 is 1.95 bits per heavy atom. The number of benzene rings is 2. The summed E-state index contributed by atoms with van der Waals surface area (Å²) in [4.78, 5) is 0. The molecule has 0 radical (unpaired) electrons. The van der Waals surface area contributed by atoms with E-state index in [0.717, 1.165) is 15.8 Å². The second-order valence-electron chi connectivity index (χ2n) is 5.33. The van der Waals surface area contributed by atoms with Gasteiger partial charge in [0.15, 0.2) is 0 Å². The van der Waals surface area contributed by atoms with Gasteiger partial charge in [-0.15, -0.1) is 0 Å². The van der Waals surface area contributed by atoms with Gasteiger partial charge in [0, 0.05) is 10.5 Å². The number of ether oxygens (including phenoxy) is 1. The number of hydrogen-bond donors (Lipinski definition) is 1. The summed E-state index contributed by atoms with van der Waals surface area (Å²) in [5, 5.41) is 0. The molecule has 0 aliphatic heterocycles. The Balaban J connectivity index is 1.76. The minimum absolute atomic E-state index is 0.0699. The van der Waals surface area contributed by atoms with Gasteiger partial charge in [0.2, 0.25) is 0 Å². The van der Waals surface area contributed by atoms with Gasteiger partial charge in [-0.2, -0.15) is 0 Å². The van der Waals surface area contributed by atoms with Gasteiger partial charge in [0.25, 0.3) is 0 Å². The van der Waals surface area contributed by atoms with Crippen LogP contribution in [0.15, 0.2) is 53.0 Å². The van der Waals surface area contributed by atoms with Crippen molar-refractivity contribution in [2.24, 2.45) is 11.7 Å². The molecule has 20 heavy (non-hydrogen) atoms. The molecule has 1 aliphatic carbocycles. The first-order valence-corrected chi connectivity index (χ1v) is 7.64. The number of nitrogens with two attached hydrogens (primary N) is 1. The van der Waals surface area contributed by atoms with E-state index in [1.165, 1.54) is 12.0 Å². The standard InChI is InChI=1S/C17H18BrNO/c1-20-12-7-8-13(16(18)9-12)17(19)15-10-14(15)11-5-3-2-4-6-11/h2-9,14-15,17H,10,19H2,1H3. The lowest BCUT2D eigenvalue weighted by atomic mass is 9.99. The van der Waals surface area contributed by atoms with Crippen LogP contribution in [0.4, 0.5) is 0 Å². The van der Waals surface area contributed by atoms with Gasteiger partial charge in [-0.3, -0.25) is 0 Å². The first kappa shape index (κ1) is 13.7. The third kappa shape index (κ3) is 2.60. The zero-order valence-corrected chi connectivity index (χ0v) is 13.0. The van der Waals surface area contributed by atoms with Crippen LogP contribution in [0, 0.1) is 5.92 Å². The first-order valence-electron chi connectivity index (χ1n) is 6.84. The fraction of sp³-hybridized carbons (Fsp3) is 0.294. The summed E-state index contributed by atoms with van der Waals surface area (Å²) in [6.45, 7) is 0. The molecule has 2 nitrogen and oxygen atoms in total. The van der Waals surface area contributed by atoms with E-state index in [-0.39, 0.29) is 6.04 Å². The van der Waals surface area contributed by atoms with Gasteiger partial charge in [-0.1, -0.05) is 52.3 Å². The van der Waals surface area contributed by atoms with Crippen molar-refractivity contribution < 1.29 is 4.74 Å². The fourth-order valence-electron chi connectivity index (χ4n) is 2.83. The van der Waals surface area contributed by atoms with Crippen LogP contribution in [0.1, 0.15) is 29.5 Å². The summed E-state index contributed by atoms with van der Waals surface area (Å²) in [5.41, 5.74) is 9.01. The molecule has 3 unspecified atom stereocenters. The minimum Gasteiger partial charge on any atom is -0.497 e. The highest BCUT2D eigenvalue weighted by Crippen LogP contribution is 2.53. The van der Waals surface area contributed by atoms with Crippen molar-refractivity contribution in [2.75, 3.05) is 7.11 Å². The van der Waals surface area contributed by atoms with Crippen LogP contribution in [0.5, 0.6) is 5.75 Å².